The van der Waals surface area contributed by atoms with E-state index in [2.05, 4.69) is 0 Å². The van der Waals surface area contributed by atoms with E-state index in [1.807, 2.05) is 31.2 Å². The van der Waals surface area contributed by atoms with Crippen LogP contribution in [0.5, 0.6) is 11.5 Å². The molecular weight excluding hydrogens is 280 g/mol. The Bertz CT molecular complexity index is 615. The van der Waals surface area contributed by atoms with Crippen LogP contribution in [0.3, 0.4) is 0 Å². The normalized spacial score (nSPS) is 21.1. The van der Waals surface area contributed by atoms with Gasteiger partial charge in [-0.25, -0.2) is 0 Å². The number of carbonyl (C=O) groups excluding carboxylic acids is 1. The Labute approximate surface area is 129 Å². The molecule has 4 heteroatoms. The quantitative estimate of drug-likeness (QED) is 0.855. The van der Waals surface area contributed by atoms with Crippen LogP contribution in [0.25, 0.3) is 0 Å². The molecule has 1 heterocycles. The molecule has 0 amide bonds. The molecule has 0 radical (unpaired) electrons. The highest BCUT2D eigenvalue weighted by molar-refractivity contribution is 5.74. The van der Waals surface area contributed by atoms with Gasteiger partial charge in [-0.2, -0.15) is 0 Å². The van der Waals surface area contributed by atoms with Crippen molar-refractivity contribution in [3.05, 3.63) is 59.7 Å². The Morgan fingerprint density at radius 1 is 0.955 bits per heavy atom. The lowest BCUT2D eigenvalue weighted by Gasteiger charge is -2.25. The van der Waals surface area contributed by atoms with Crippen LogP contribution in [-0.2, 0) is 9.53 Å². The molecule has 2 N–H and O–H groups in total. The smallest absolute Gasteiger partial charge is 0.309 e. The third-order valence-electron chi connectivity index (χ3n) is 4.36. The standard InChI is InChI=1S/C18H18O4/c1-11-16(10-22-18(11)21)17(12-2-6-14(19)7-3-12)13-4-8-15(20)9-5-13/h2-9,11,16-17,19-20H,10H2,1H3/t11-,16+/m0/s1. The van der Waals surface area contributed by atoms with Crippen LogP contribution in [0.1, 0.15) is 24.0 Å². The maximum Gasteiger partial charge on any atom is 0.309 e. The van der Waals surface area contributed by atoms with Gasteiger partial charge in [0.25, 0.3) is 0 Å². The SMILES string of the molecule is C[C@@H]1C(=O)OC[C@H]1C(c1ccc(O)cc1)c1ccc(O)cc1. The van der Waals surface area contributed by atoms with Crippen LogP contribution in [0, 0.1) is 11.8 Å². The molecule has 1 aliphatic rings. The predicted octanol–water partition coefficient (Wildman–Crippen LogP) is 3.04. The predicted molar refractivity (Wildman–Crippen MR) is 81.7 cm³/mol. The minimum atomic E-state index is -0.187. The average Bonchev–Trinajstić information content (AvgIpc) is 2.84. The molecule has 114 valence electrons. The number of benzene rings is 2. The van der Waals surface area contributed by atoms with E-state index in [0.29, 0.717) is 6.61 Å². The minimum absolute atomic E-state index is 0.0253. The van der Waals surface area contributed by atoms with Gasteiger partial charge in [0.05, 0.1) is 12.5 Å². The van der Waals surface area contributed by atoms with E-state index in [9.17, 15) is 15.0 Å². The zero-order chi connectivity index (χ0) is 15.7. The first-order valence-corrected chi connectivity index (χ1v) is 7.31. The van der Waals surface area contributed by atoms with E-state index in [1.54, 1.807) is 24.3 Å². The van der Waals surface area contributed by atoms with Gasteiger partial charge >= 0.3 is 5.97 Å². The summed E-state index contributed by atoms with van der Waals surface area (Å²) in [6, 6.07) is 14.0. The van der Waals surface area contributed by atoms with Crippen molar-refractivity contribution in [2.24, 2.45) is 11.8 Å². The van der Waals surface area contributed by atoms with Gasteiger partial charge in [-0.3, -0.25) is 4.79 Å². The maximum atomic E-state index is 11.8. The number of phenols is 2. The van der Waals surface area contributed by atoms with E-state index in [-0.39, 0.29) is 35.2 Å². The van der Waals surface area contributed by atoms with Gasteiger partial charge in [-0.15, -0.1) is 0 Å². The highest BCUT2D eigenvalue weighted by atomic mass is 16.5. The van der Waals surface area contributed by atoms with Crippen molar-refractivity contribution in [3.63, 3.8) is 0 Å². The molecule has 1 saturated heterocycles. The van der Waals surface area contributed by atoms with E-state index in [1.165, 1.54) is 0 Å². The Balaban J connectivity index is 2.03. The molecule has 2 aromatic rings. The summed E-state index contributed by atoms with van der Waals surface area (Å²) in [5.41, 5.74) is 2.03. The number of hydrogen-bond acceptors (Lipinski definition) is 4. The monoisotopic (exact) mass is 298 g/mol. The average molecular weight is 298 g/mol. The summed E-state index contributed by atoms with van der Waals surface area (Å²) in [4.78, 5) is 11.8. The fraction of sp³-hybridized carbons (Fsp3) is 0.278. The van der Waals surface area contributed by atoms with Crippen LogP contribution in [0.15, 0.2) is 48.5 Å². The molecule has 1 aliphatic heterocycles. The first kappa shape index (κ1) is 14.4. The van der Waals surface area contributed by atoms with Crippen LogP contribution >= 0.6 is 0 Å². The Morgan fingerprint density at radius 2 is 1.41 bits per heavy atom. The van der Waals surface area contributed by atoms with Crippen molar-refractivity contribution in [2.45, 2.75) is 12.8 Å². The molecule has 0 unspecified atom stereocenters. The van der Waals surface area contributed by atoms with Crippen molar-refractivity contribution in [2.75, 3.05) is 6.61 Å². The summed E-state index contributed by atoms with van der Waals surface area (Å²) in [6.07, 6.45) is 0. The summed E-state index contributed by atoms with van der Waals surface area (Å²) in [5, 5.41) is 19.0. The lowest BCUT2D eigenvalue weighted by atomic mass is 9.76. The number of carbonyl (C=O) groups is 1. The fourth-order valence-electron chi connectivity index (χ4n) is 3.06. The molecular formula is C18H18O4. The van der Waals surface area contributed by atoms with E-state index in [4.69, 9.17) is 4.74 Å². The topological polar surface area (TPSA) is 66.8 Å². The zero-order valence-corrected chi connectivity index (χ0v) is 12.3. The van der Waals surface area contributed by atoms with Crippen LogP contribution in [0.2, 0.25) is 0 Å². The number of ether oxygens (including phenoxy) is 1. The van der Waals surface area contributed by atoms with Crippen molar-refractivity contribution < 1.29 is 19.7 Å². The second-order valence-electron chi connectivity index (χ2n) is 5.74. The summed E-state index contributed by atoms with van der Waals surface area (Å²) in [5.74, 6) is 0.0596. The molecule has 22 heavy (non-hydrogen) atoms. The molecule has 3 rings (SSSR count). The lowest BCUT2D eigenvalue weighted by molar-refractivity contribution is -0.140. The van der Waals surface area contributed by atoms with E-state index >= 15 is 0 Å². The number of aromatic hydroxyl groups is 2. The molecule has 2 atom stereocenters. The number of rotatable bonds is 3. The summed E-state index contributed by atoms with van der Waals surface area (Å²) in [7, 11) is 0. The van der Waals surface area contributed by atoms with Crippen LogP contribution < -0.4 is 0 Å². The molecule has 0 spiro atoms. The third-order valence-corrected chi connectivity index (χ3v) is 4.36. The van der Waals surface area contributed by atoms with Gasteiger partial charge in [-0.1, -0.05) is 31.2 Å². The highest BCUT2D eigenvalue weighted by Gasteiger charge is 2.39. The molecule has 0 bridgehead atoms. The number of hydrogen-bond donors (Lipinski definition) is 2. The van der Waals surface area contributed by atoms with Crippen LogP contribution in [-0.4, -0.2) is 22.8 Å². The van der Waals surface area contributed by atoms with Gasteiger partial charge in [0.1, 0.15) is 11.5 Å². The molecule has 0 saturated carbocycles. The summed E-state index contributed by atoms with van der Waals surface area (Å²) < 4.78 is 5.21. The van der Waals surface area contributed by atoms with Crippen molar-refractivity contribution in [3.8, 4) is 11.5 Å². The summed E-state index contributed by atoms with van der Waals surface area (Å²) >= 11 is 0. The van der Waals surface area contributed by atoms with Gasteiger partial charge in [0.2, 0.25) is 0 Å². The Morgan fingerprint density at radius 3 is 1.77 bits per heavy atom. The van der Waals surface area contributed by atoms with Gasteiger partial charge in [0.15, 0.2) is 0 Å². The maximum absolute atomic E-state index is 11.8. The first-order valence-electron chi connectivity index (χ1n) is 7.31. The van der Waals surface area contributed by atoms with Crippen LogP contribution in [0.4, 0.5) is 0 Å². The second-order valence-corrected chi connectivity index (χ2v) is 5.74. The first-order chi connectivity index (χ1) is 10.6. The molecule has 1 fully saturated rings. The van der Waals surface area contributed by atoms with Crippen molar-refractivity contribution >= 4 is 5.97 Å². The Hall–Kier alpha value is -2.49. The number of cyclic esters (lactones) is 1. The third kappa shape index (κ3) is 2.64. The van der Waals surface area contributed by atoms with Gasteiger partial charge in [0, 0.05) is 11.8 Å². The van der Waals surface area contributed by atoms with Gasteiger partial charge in [-0.05, 0) is 35.4 Å². The fourth-order valence-corrected chi connectivity index (χ4v) is 3.06. The molecule has 0 aliphatic carbocycles. The Kier molecular flexibility index (Phi) is 3.75. The van der Waals surface area contributed by atoms with E-state index in [0.717, 1.165) is 11.1 Å². The number of phenolic OH excluding ortho intramolecular Hbond substituents is 2. The molecule has 0 aromatic heterocycles. The lowest BCUT2D eigenvalue weighted by Crippen LogP contribution is -2.21. The second kappa shape index (κ2) is 5.72. The largest absolute Gasteiger partial charge is 0.508 e. The van der Waals surface area contributed by atoms with E-state index < -0.39 is 0 Å². The minimum Gasteiger partial charge on any atom is -0.508 e. The van der Waals surface area contributed by atoms with Crippen molar-refractivity contribution in [1.29, 1.82) is 0 Å². The summed E-state index contributed by atoms with van der Waals surface area (Å²) in [6.45, 7) is 2.26. The van der Waals surface area contributed by atoms with Crippen molar-refractivity contribution in [1.82, 2.24) is 0 Å². The zero-order valence-electron chi connectivity index (χ0n) is 12.3. The molecule has 4 nitrogen and oxygen atoms in total. The molecule has 2 aromatic carbocycles. The highest BCUT2D eigenvalue weighted by Crippen LogP contribution is 2.40. The number of esters is 1. The van der Waals surface area contributed by atoms with Gasteiger partial charge < -0.3 is 14.9 Å².